The number of amides is 1. The summed E-state index contributed by atoms with van der Waals surface area (Å²) in [6, 6.07) is 6.02. The molecule has 1 aromatic carbocycles. The number of nitrogens with one attached hydrogen (secondary N) is 1. The van der Waals surface area contributed by atoms with Gasteiger partial charge in [0.1, 0.15) is 5.75 Å². The number of thioether (sulfide) groups is 1. The fourth-order valence-electron chi connectivity index (χ4n) is 1.63. The molecule has 0 heterocycles. The molecule has 1 unspecified atom stereocenters. The van der Waals surface area contributed by atoms with E-state index >= 15 is 0 Å². The van der Waals surface area contributed by atoms with Crippen molar-refractivity contribution in [2.24, 2.45) is 0 Å². The molecule has 21 heavy (non-hydrogen) atoms. The number of hydrogen-bond donors (Lipinski definition) is 1. The normalized spacial score (nSPS) is 16.4. The summed E-state index contributed by atoms with van der Waals surface area (Å²) >= 11 is 1.45. The van der Waals surface area contributed by atoms with Crippen LogP contribution in [0.5, 0.6) is 5.75 Å². The van der Waals surface area contributed by atoms with Gasteiger partial charge < -0.3 is 10.1 Å². The van der Waals surface area contributed by atoms with Crippen molar-refractivity contribution >= 4 is 17.7 Å². The van der Waals surface area contributed by atoms with E-state index in [-0.39, 0.29) is 16.9 Å². The van der Waals surface area contributed by atoms with Crippen molar-refractivity contribution in [3.63, 3.8) is 0 Å². The van der Waals surface area contributed by atoms with E-state index in [9.17, 15) is 18.0 Å². The van der Waals surface area contributed by atoms with Gasteiger partial charge in [-0.25, -0.2) is 0 Å². The largest absolute Gasteiger partial charge is 0.573 e. The molecule has 0 saturated heterocycles. The molecular weight excluding hydrogens is 303 g/mol. The van der Waals surface area contributed by atoms with Gasteiger partial charge in [0.05, 0.1) is 5.25 Å². The molecule has 7 heteroatoms. The summed E-state index contributed by atoms with van der Waals surface area (Å²) in [5, 5.41) is 2.74. The summed E-state index contributed by atoms with van der Waals surface area (Å²) in [4.78, 5) is 11.7. The van der Waals surface area contributed by atoms with Crippen LogP contribution in [-0.4, -0.2) is 23.6 Å². The Labute approximate surface area is 125 Å². The van der Waals surface area contributed by atoms with E-state index in [4.69, 9.17) is 0 Å². The monoisotopic (exact) mass is 319 g/mol. The molecule has 0 aromatic heterocycles. The van der Waals surface area contributed by atoms with Crippen LogP contribution >= 0.6 is 11.8 Å². The molecule has 2 rings (SSSR count). The predicted octanol–water partition coefficient (Wildman–Crippen LogP) is 3.49. The molecular formula is C14H16F3NO2S. The topological polar surface area (TPSA) is 38.3 Å². The second-order valence-electron chi connectivity index (χ2n) is 4.93. The zero-order valence-corrected chi connectivity index (χ0v) is 12.3. The van der Waals surface area contributed by atoms with Crippen LogP contribution in [0.3, 0.4) is 0 Å². The van der Waals surface area contributed by atoms with Crippen LogP contribution in [0.1, 0.15) is 25.3 Å². The minimum absolute atomic E-state index is 0.0134. The Hall–Kier alpha value is -1.37. The van der Waals surface area contributed by atoms with E-state index in [0.29, 0.717) is 11.8 Å². The van der Waals surface area contributed by atoms with Crippen LogP contribution in [0.15, 0.2) is 24.3 Å². The van der Waals surface area contributed by atoms with E-state index in [1.54, 1.807) is 12.1 Å². The van der Waals surface area contributed by atoms with Crippen molar-refractivity contribution in [2.75, 3.05) is 0 Å². The Morgan fingerprint density at radius 3 is 2.52 bits per heavy atom. The molecule has 1 fully saturated rings. The van der Waals surface area contributed by atoms with Gasteiger partial charge >= 0.3 is 6.36 Å². The van der Waals surface area contributed by atoms with Crippen LogP contribution in [0.2, 0.25) is 0 Å². The van der Waals surface area contributed by atoms with Crippen molar-refractivity contribution in [1.82, 2.24) is 5.32 Å². The number of carbonyl (C=O) groups excluding carboxylic acids is 1. The SMILES string of the molecule is CC(SCc1ccc(OC(F)(F)F)cc1)C(=O)NC1CC1. The minimum Gasteiger partial charge on any atom is -0.406 e. The number of ether oxygens (including phenoxy) is 1. The Morgan fingerprint density at radius 1 is 1.38 bits per heavy atom. The maximum Gasteiger partial charge on any atom is 0.573 e. The lowest BCUT2D eigenvalue weighted by atomic mass is 10.2. The van der Waals surface area contributed by atoms with Gasteiger partial charge in [0.25, 0.3) is 0 Å². The molecule has 1 saturated carbocycles. The fraction of sp³-hybridized carbons (Fsp3) is 0.500. The highest BCUT2D eigenvalue weighted by atomic mass is 32.2. The first-order chi connectivity index (χ1) is 9.83. The summed E-state index contributed by atoms with van der Waals surface area (Å²) in [5.74, 6) is 0.334. The summed E-state index contributed by atoms with van der Waals surface area (Å²) in [7, 11) is 0. The Morgan fingerprint density at radius 2 is 2.00 bits per heavy atom. The predicted molar refractivity (Wildman–Crippen MR) is 75.0 cm³/mol. The van der Waals surface area contributed by atoms with Crippen molar-refractivity contribution in [2.45, 2.75) is 43.2 Å². The van der Waals surface area contributed by atoms with E-state index in [0.717, 1.165) is 18.4 Å². The zero-order valence-electron chi connectivity index (χ0n) is 11.4. The first-order valence-corrected chi connectivity index (χ1v) is 7.65. The smallest absolute Gasteiger partial charge is 0.406 e. The maximum atomic E-state index is 12.0. The Kier molecular flexibility index (Phi) is 5.03. The molecule has 1 aliphatic carbocycles. The Bertz CT molecular complexity index is 486. The standard InChI is InChI=1S/C14H16F3NO2S/c1-9(13(19)18-11-4-5-11)21-8-10-2-6-12(7-3-10)20-14(15,16)17/h2-3,6-7,9,11H,4-5,8H2,1H3,(H,18,19). The van der Waals surface area contributed by atoms with E-state index < -0.39 is 6.36 Å². The van der Waals surface area contributed by atoms with Gasteiger partial charge in [-0.05, 0) is 37.5 Å². The number of carbonyl (C=O) groups is 1. The average Bonchev–Trinajstić information content (AvgIpc) is 3.19. The molecule has 1 atom stereocenters. The lowest BCUT2D eigenvalue weighted by Crippen LogP contribution is -2.32. The first kappa shape index (κ1) is 16.0. The van der Waals surface area contributed by atoms with Gasteiger partial charge in [0.2, 0.25) is 5.91 Å². The number of halogens is 3. The van der Waals surface area contributed by atoms with Crippen molar-refractivity contribution in [3.05, 3.63) is 29.8 Å². The second-order valence-corrected chi connectivity index (χ2v) is 6.26. The van der Waals surface area contributed by atoms with Gasteiger partial charge in [-0.3, -0.25) is 4.79 Å². The fourth-order valence-corrected chi connectivity index (χ4v) is 2.48. The molecule has 1 aliphatic rings. The van der Waals surface area contributed by atoms with E-state index in [1.807, 2.05) is 6.92 Å². The average molecular weight is 319 g/mol. The molecule has 1 amide bonds. The Balaban J connectivity index is 1.78. The maximum absolute atomic E-state index is 12.0. The third-order valence-corrected chi connectivity index (χ3v) is 4.16. The molecule has 0 bridgehead atoms. The molecule has 1 N–H and O–H groups in total. The summed E-state index contributed by atoms with van der Waals surface area (Å²) in [5.41, 5.74) is 0.848. The first-order valence-electron chi connectivity index (χ1n) is 6.60. The second kappa shape index (κ2) is 6.60. The van der Waals surface area contributed by atoms with Gasteiger partial charge in [-0.15, -0.1) is 24.9 Å². The van der Waals surface area contributed by atoms with Gasteiger partial charge in [0, 0.05) is 11.8 Å². The highest BCUT2D eigenvalue weighted by Crippen LogP contribution is 2.25. The van der Waals surface area contributed by atoms with Gasteiger partial charge in [0.15, 0.2) is 0 Å². The highest BCUT2D eigenvalue weighted by molar-refractivity contribution is 7.99. The van der Waals surface area contributed by atoms with Crippen molar-refractivity contribution in [1.29, 1.82) is 0 Å². The van der Waals surface area contributed by atoms with Crippen molar-refractivity contribution < 1.29 is 22.7 Å². The number of rotatable bonds is 6. The van der Waals surface area contributed by atoms with E-state index in [2.05, 4.69) is 10.1 Å². The van der Waals surface area contributed by atoms with Crippen LogP contribution in [0.4, 0.5) is 13.2 Å². The van der Waals surface area contributed by atoms with Gasteiger partial charge in [-0.2, -0.15) is 0 Å². The molecule has 0 aliphatic heterocycles. The zero-order chi connectivity index (χ0) is 15.5. The third-order valence-electron chi connectivity index (χ3n) is 2.95. The molecule has 0 radical (unpaired) electrons. The number of benzene rings is 1. The van der Waals surface area contributed by atoms with E-state index in [1.165, 1.54) is 23.9 Å². The van der Waals surface area contributed by atoms with Crippen LogP contribution < -0.4 is 10.1 Å². The summed E-state index contributed by atoms with van der Waals surface area (Å²) in [6.45, 7) is 1.82. The van der Waals surface area contributed by atoms with Crippen molar-refractivity contribution in [3.8, 4) is 5.75 Å². The quantitative estimate of drug-likeness (QED) is 0.872. The molecule has 3 nitrogen and oxygen atoms in total. The van der Waals surface area contributed by atoms with Crippen LogP contribution in [0.25, 0.3) is 0 Å². The summed E-state index contributed by atoms with van der Waals surface area (Å²) in [6.07, 6.45) is -2.58. The summed E-state index contributed by atoms with van der Waals surface area (Å²) < 4.78 is 39.9. The lowest BCUT2D eigenvalue weighted by Gasteiger charge is -2.12. The number of alkyl halides is 3. The molecule has 1 aromatic rings. The molecule has 0 spiro atoms. The van der Waals surface area contributed by atoms with Gasteiger partial charge in [-0.1, -0.05) is 12.1 Å². The minimum atomic E-state index is -4.67. The highest BCUT2D eigenvalue weighted by Gasteiger charge is 2.31. The van der Waals surface area contributed by atoms with Crippen LogP contribution in [0, 0.1) is 0 Å². The third kappa shape index (κ3) is 5.87. The number of hydrogen-bond acceptors (Lipinski definition) is 3. The lowest BCUT2D eigenvalue weighted by molar-refractivity contribution is -0.274. The molecule has 116 valence electrons. The van der Waals surface area contributed by atoms with Crippen LogP contribution in [-0.2, 0) is 10.5 Å².